The normalized spacial score (nSPS) is 16.0. The molecule has 0 spiro atoms. The van der Waals surface area contributed by atoms with Crippen molar-refractivity contribution in [1.29, 1.82) is 0 Å². The quantitative estimate of drug-likeness (QED) is 0.579. The highest BCUT2D eigenvalue weighted by atomic mass is 16.6. The van der Waals surface area contributed by atoms with Crippen molar-refractivity contribution in [2.45, 2.75) is 25.5 Å². The topological polar surface area (TPSA) is 72.9 Å². The third-order valence-corrected chi connectivity index (χ3v) is 4.41. The Morgan fingerprint density at radius 2 is 1.59 bits per heavy atom. The van der Waals surface area contributed by atoms with Crippen molar-refractivity contribution in [3.63, 3.8) is 0 Å². The van der Waals surface area contributed by atoms with Gasteiger partial charge in [-0.2, -0.15) is 0 Å². The summed E-state index contributed by atoms with van der Waals surface area (Å²) in [5, 5.41) is 0. The molecule has 6 nitrogen and oxygen atoms in total. The molecule has 0 aliphatic carbocycles. The van der Waals surface area contributed by atoms with Crippen LogP contribution in [0.5, 0.6) is 0 Å². The number of esters is 1. The van der Waals surface area contributed by atoms with Crippen molar-refractivity contribution in [3.05, 3.63) is 71.8 Å². The number of hydrogen-bond donors (Lipinski definition) is 0. The first kappa shape index (κ1) is 18.6. The van der Waals surface area contributed by atoms with Crippen LogP contribution in [0, 0.1) is 0 Å². The van der Waals surface area contributed by atoms with Gasteiger partial charge in [0.2, 0.25) is 0 Å². The monoisotopic (exact) mass is 367 g/mol. The number of likely N-dealkylation sites (tertiary alicyclic amines) is 1. The molecule has 0 saturated carbocycles. The molecule has 1 fully saturated rings. The van der Waals surface area contributed by atoms with E-state index in [0.717, 1.165) is 5.56 Å². The summed E-state index contributed by atoms with van der Waals surface area (Å²) in [7, 11) is 0. The van der Waals surface area contributed by atoms with Crippen LogP contribution in [-0.4, -0.2) is 41.9 Å². The molecule has 1 unspecified atom stereocenters. The van der Waals surface area contributed by atoms with Crippen LogP contribution in [0.25, 0.3) is 0 Å². The fraction of sp³-hybridized carbons (Fsp3) is 0.286. The Bertz CT molecular complexity index is 791. The molecule has 3 rings (SSSR count). The van der Waals surface area contributed by atoms with E-state index < -0.39 is 18.1 Å². The Morgan fingerprint density at radius 3 is 2.30 bits per heavy atom. The third kappa shape index (κ3) is 4.94. The molecule has 1 saturated heterocycles. The summed E-state index contributed by atoms with van der Waals surface area (Å²) in [5.74, 6) is -0.853. The largest absolute Gasteiger partial charge is 0.456 e. The van der Waals surface area contributed by atoms with E-state index in [1.165, 1.54) is 4.90 Å². The molecule has 1 aliphatic heterocycles. The second-order valence-electron chi connectivity index (χ2n) is 6.29. The third-order valence-electron chi connectivity index (χ3n) is 4.41. The average molecular weight is 367 g/mol. The average Bonchev–Trinajstić information content (AvgIpc) is 3.21. The number of rotatable bonds is 6. The van der Waals surface area contributed by atoms with Crippen LogP contribution < -0.4 is 0 Å². The minimum absolute atomic E-state index is 0.143. The van der Waals surface area contributed by atoms with Gasteiger partial charge in [0.25, 0.3) is 0 Å². The van der Waals surface area contributed by atoms with E-state index in [1.54, 1.807) is 30.3 Å². The van der Waals surface area contributed by atoms with Crippen LogP contribution in [-0.2, 0) is 20.9 Å². The molecule has 140 valence electrons. The molecular formula is C21H21NO5. The molecule has 27 heavy (non-hydrogen) atoms. The van der Waals surface area contributed by atoms with Gasteiger partial charge in [0.15, 0.2) is 12.4 Å². The van der Waals surface area contributed by atoms with E-state index in [1.807, 2.05) is 30.3 Å². The molecule has 0 aromatic heterocycles. The van der Waals surface area contributed by atoms with Gasteiger partial charge in [-0.05, 0) is 18.4 Å². The van der Waals surface area contributed by atoms with Crippen molar-refractivity contribution in [2.24, 2.45) is 0 Å². The number of ketones is 1. The number of carbonyl (C=O) groups is 3. The van der Waals surface area contributed by atoms with Crippen LogP contribution in [0.2, 0.25) is 0 Å². The van der Waals surface area contributed by atoms with E-state index >= 15 is 0 Å². The van der Waals surface area contributed by atoms with Crippen LogP contribution in [0.1, 0.15) is 28.8 Å². The SMILES string of the molecule is O=C(COC(=O)C1CCCN1C(=O)OCc1ccccc1)c1ccccc1. The zero-order chi connectivity index (χ0) is 19.1. The second kappa shape index (κ2) is 8.98. The molecule has 2 aromatic carbocycles. The Kier molecular flexibility index (Phi) is 6.20. The Labute approximate surface area is 157 Å². The van der Waals surface area contributed by atoms with E-state index in [-0.39, 0.29) is 19.0 Å². The zero-order valence-corrected chi connectivity index (χ0v) is 14.9. The van der Waals surface area contributed by atoms with Gasteiger partial charge in [-0.15, -0.1) is 0 Å². The van der Waals surface area contributed by atoms with Crippen LogP contribution in [0.15, 0.2) is 60.7 Å². The first-order valence-electron chi connectivity index (χ1n) is 8.87. The number of benzene rings is 2. The fourth-order valence-corrected chi connectivity index (χ4v) is 2.97. The maximum Gasteiger partial charge on any atom is 0.410 e. The van der Waals surface area contributed by atoms with Gasteiger partial charge in [0.05, 0.1) is 0 Å². The minimum atomic E-state index is -0.711. The molecular weight excluding hydrogens is 346 g/mol. The van der Waals surface area contributed by atoms with Crippen molar-refractivity contribution >= 4 is 17.8 Å². The Morgan fingerprint density at radius 1 is 0.926 bits per heavy atom. The number of carbonyl (C=O) groups excluding carboxylic acids is 3. The predicted octanol–water partition coefficient (Wildman–Crippen LogP) is 3.21. The Balaban J connectivity index is 1.51. The molecule has 6 heteroatoms. The van der Waals surface area contributed by atoms with E-state index in [4.69, 9.17) is 9.47 Å². The molecule has 0 bridgehead atoms. The summed E-state index contributed by atoms with van der Waals surface area (Å²) in [6.45, 7) is 0.233. The molecule has 0 radical (unpaired) electrons. The maximum absolute atomic E-state index is 12.3. The second-order valence-corrected chi connectivity index (χ2v) is 6.29. The first-order valence-corrected chi connectivity index (χ1v) is 8.87. The minimum Gasteiger partial charge on any atom is -0.456 e. The van der Waals surface area contributed by atoms with Crippen molar-refractivity contribution < 1.29 is 23.9 Å². The van der Waals surface area contributed by atoms with Gasteiger partial charge in [0.1, 0.15) is 12.6 Å². The highest BCUT2D eigenvalue weighted by Crippen LogP contribution is 2.20. The van der Waals surface area contributed by atoms with Crippen molar-refractivity contribution in [3.8, 4) is 0 Å². The number of ether oxygens (including phenoxy) is 2. The van der Waals surface area contributed by atoms with Crippen molar-refractivity contribution in [2.75, 3.05) is 13.2 Å². The summed E-state index contributed by atoms with van der Waals surface area (Å²) < 4.78 is 10.4. The lowest BCUT2D eigenvalue weighted by atomic mass is 10.1. The standard InChI is InChI=1S/C21H21NO5/c23-19(17-10-5-2-6-11-17)15-26-20(24)18-12-7-13-22(18)21(25)27-14-16-8-3-1-4-9-16/h1-6,8-11,18H,7,12-15H2. The highest BCUT2D eigenvalue weighted by molar-refractivity contribution is 5.98. The summed E-state index contributed by atoms with van der Waals surface area (Å²) >= 11 is 0. The van der Waals surface area contributed by atoms with E-state index in [0.29, 0.717) is 24.9 Å². The number of nitrogens with zero attached hydrogens (tertiary/aromatic N) is 1. The predicted molar refractivity (Wildman–Crippen MR) is 98.1 cm³/mol. The molecule has 2 aromatic rings. The molecule has 1 aliphatic rings. The lowest BCUT2D eigenvalue weighted by Gasteiger charge is -2.22. The van der Waals surface area contributed by atoms with Crippen LogP contribution >= 0.6 is 0 Å². The molecule has 1 atom stereocenters. The number of Topliss-reactive ketones (excluding diaryl/α,β-unsaturated/α-hetero) is 1. The number of hydrogen-bond acceptors (Lipinski definition) is 5. The van der Waals surface area contributed by atoms with Gasteiger partial charge < -0.3 is 9.47 Å². The molecule has 1 amide bonds. The molecule has 1 heterocycles. The molecule has 0 N–H and O–H groups in total. The van der Waals surface area contributed by atoms with Gasteiger partial charge in [-0.25, -0.2) is 9.59 Å². The van der Waals surface area contributed by atoms with Crippen molar-refractivity contribution in [1.82, 2.24) is 4.90 Å². The highest BCUT2D eigenvalue weighted by Gasteiger charge is 2.36. The lowest BCUT2D eigenvalue weighted by Crippen LogP contribution is -2.42. The van der Waals surface area contributed by atoms with Gasteiger partial charge in [-0.1, -0.05) is 60.7 Å². The van der Waals surface area contributed by atoms with E-state index in [9.17, 15) is 14.4 Å². The summed E-state index contributed by atoms with van der Waals surface area (Å²) in [4.78, 5) is 38.1. The fourth-order valence-electron chi connectivity index (χ4n) is 2.97. The van der Waals surface area contributed by atoms with E-state index in [2.05, 4.69) is 0 Å². The van der Waals surface area contributed by atoms with Crippen LogP contribution in [0.4, 0.5) is 4.79 Å². The summed E-state index contributed by atoms with van der Waals surface area (Å²) in [5.41, 5.74) is 1.36. The number of amides is 1. The first-order chi connectivity index (χ1) is 13.1. The van der Waals surface area contributed by atoms with Gasteiger partial charge in [-0.3, -0.25) is 9.69 Å². The lowest BCUT2D eigenvalue weighted by molar-refractivity contribution is -0.147. The summed E-state index contributed by atoms with van der Waals surface area (Å²) in [6, 6.07) is 17.2. The zero-order valence-electron chi connectivity index (χ0n) is 14.9. The summed E-state index contributed by atoms with van der Waals surface area (Å²) in [6.07, 6.45) is 0.638. The van der Waals surface area contributed by atoms with Crippen LogP contribution in [0.3, 0.4) is 0 Å². The van der Waals surface area contributed by atoms with Gasteiger partial charge >= 0.3 is 12.1 Å². The maximum atomic E-state index is 12.3. The van der Waals surface area contributed by atoms with Gasteiger partial charge in [0, 0.05) is 12.1 Å². The Hall–Kier alpha value is -3.15. The smallest absolute Gasteiger partial charge is 0.410 e.